The first kappa shape index (κ1) is 17.1. The topological polar surface area (TPSA) is 79.2 Å². The SMILES string of the molecule is Cc1cc(SC#N)ccc1NC(=O)COC(=O)C[C@@H]1C=CCC1. The molecule has 0 unspecified atom stereocenters. The Hall–Kier alpha value is -2.26. The van der Waals surface area contributed by atoms with Crippen molar-refractivity contribution in [2.75, 3.05) is 11.9 Å². The molecule has 1 aromatic rings. The zero-order chi connectivity index (χ0) is 16.7. The van der Waals surface area contributed by atoms with Gasteiger partial charge in [0, 0.05) is 10.6 Å². The van der Waals surface area contributed by atoms with Gasteiger partial charge >= 0.3 is 5.97 Å². The number of anilines is 1. The molecule has 0 bridgehead atoms. The van der Waals surface area contributed by atoms with Crippen LogP contribution in [0.15, 0.2) is 35.2 Å². The van der Waals surface area contributed by atoms with Crippen molar-refractivity contribution < 1.29 is 14.3 Å². The lowest BCUT2D eigenvalue weighted by Gasteiger charge is -2.10. The summed E-state index contributed by atoms with van der Waals surface area (Å²) >= 11 is 1.06. The molecule has 23 heavy (non-hydrogen) atoms. The Balaban J connectivity index is 1.79. The maximum absolute atomic E-state index is 11.9. The van der Waals surface area contributed by atoms with Crippen LogP contribution in [-0.4, -0.2) is 18.5 Å². The summed E-state index contributed by atoms with van der Waals surface area (Å²) in [5.41, 5.74) is 1.49. The Kier molecular flexibility index (Phi) is 6.24. The van der Waals surface area contributed by atoms with E-state index in [2.05, 4.69) is 11.4 Å². The Morgan fingerprint density at radius 3 is 2.96 bits per heavy atom. The molecule has 0 heterocycles. The first-order valence-corrected chi connectivity index (χ1v) is 8.19. The summed E-state index contributed by atoms with van der Waals surface area (Å²) in [6.45, 7) is 1.55. The van der Waals surface area contributed by atoms with Gasteiger partial charge < -0.3 is 10.1 Å². The van der Waals surface area contributed by atoms with Crippen molar-refractivity contribution >= 4 is 29.3 Å². The van der Waals surface area contributed by atoms with Gasteiger partial charge in [-0.1, -0.05) is 12.2 Å². The maximum Gasteiger partial charge on any atom is 0.306 e. The summed E-state index contributed by atoms with van der Waals surface area (Å²) < 4.78 is 5.01. The quantitative estimate of drug-likeness (QED) is 0.374. The van der Waals surface area contributed by atoms with Gasteiger partial charge in [0.2, 0.25) is 0 Å². The van der Waals surface area contributed by atoms with E-state index in [0.29, 0.717) is 12.1 Å². The lowest BCUT2D eigenvalue weighted by Crippen LogP contribution is -2.22. The smallest absolute Gasteiger partial charge is 0.306 e. The standard InChI is InChI=1S/C17H18N2O3S/c1-12-8-14(23-11-18)6-7-15(12)19-16(20)10-22-17(21)9-13-4-2-3-5-13/h2,4,6-8,13H,3,5,9-10H2,1H3,(H,19,20)/t13-/m1/s1. The lowest BCUT2D eigenvalue weighted by atomic mass is 10.1. The summed E-state index contributed by atoms with van der Waals surface area (Å²) in [6.07, 6.45) is 6.36. The number of ether oxygens (including phenoxy) is 1. The van der Waals surface area contributed by atoms with E-state index in [0.717, 1.165) is 35.1 Å². The van der Waals surface area contributed by atoms with Gasteiger partial charge in [-0.2, -0.15) is 5.26 Å². The van der Waals surface area contributed by atoms with Crippen molar-refractivity contribution in [1.82, 2.24) is 0 Å². The van der Waals surface area contributed by atoms with Crippen LogP contribution in [0.2, 0.25) is 0 Å². The molecule has 1 amide bonds. The molecule has 120 valence electrons. The molecular formula is C17H18N2O3S. The highest BCUT2D eigenvalue weighted by molar-refractivity contribution is 8.03. The third kappa shape index (κ3) is 5.46. The van der Waals surface area contributed by atoms with Crippen LogP contribution in [0.25, 0.3) is 0 Å². The minimum atomic E-state index is -0.371. The summed E-state index contributed by atoms with van der Waals surface area (Å²) in [7, 11) is 0. The van der Waals surface area contributed by atoms with Crippen LogP contribution in [0, 0.1) is 23.5 Å². The van der Waals surface area contributed by atoms with Crippen LogP contribution in [0.3, 0.4) is 0 Å². The van der Waals surface area contributed by atoms with E-state index in [1.807, 2.05) is 24.5 Å². The number of carbonyl (C=O) groups is 2. The van der Waals surface area contributed by atoms with E-state index < -0.39 is 0 Å². The van der Waals surface area contributed by atoms with E-state index in [-0.39, 0.29) is 24.4 Å². The van der Waals surface area contributed by atoms with Crippen molar-refractivity contribution in [3.8, 4) is 5.40 Å². The van der Waals surface area contributed by atoms with E-state index in [1.54, 1.807) is 12.1 Å². The second-order valence-electron chi connectivity index (χ2n) is 5.35. The number of rotatable bonds is 6. The van der Waals surface area contributed by atoms with Gasteiger partial charge in [-0.05, 0) is 61.2 Å². The number of hydrogen-bond donors (Lipinski definition) is 1. The summed E-state index contributed by atoms with van der Waals surface area (Å²) in [5.74, 6) is -0.490. The van der Waals surface area contributed by atoms with E-state index in [9.17, 15) is 9.59 Å². The minimum Gasteiger partial charge on any atom is -0.456 e. The normalized spacial score (nSPS) is 15.9. The number of carbonyl (C=O) groups excluding carboxylic acids is 2. The van der Waals surface area contributed by atoms with Crippen molar-refractivity contribution in [2.24, 2.45) is 5.92 Å². The summed E-state index contributed by atoms with van der Waals surface area (Å²) in [4.78, 5) is 24.3. The highest BCUT2D eigenvalue weighted by Gasteiger charge is 2.16. The molecule has 5 nitrogen and oxygen atoms in total. The number of nitrogens with one attached hydrogen (secondary N) is 1. The molecule has 0 aliphatic heterocycles. The number of nitriles is 1. The molecule has 1 aliphatic carbocycles. The van der Waals surface area contributed by atoms with Gasteiger partial charge in [0.05, 0.1) is 6.42 Å². The molecule has 1 N–H and O–H groups in total. The molecule has 1 aromatic carbocycles. The van der Waals surface area contributed by atoms with Crippen molar-refractivity contribution in [2.45, 2.75) is 31.1 Å². The number of allylic oxidation sites excluding steroid dienone is 2. The molecule has 2 rings (SSSR count). The fourth-order valence-corrected chi connectivity index (χ4v) is 2.84. The largest absolute Gasteiger partial charge is 0.456 e. The number of amides is 1. The van der Waals surface area contributed by atoms with Crippen LogP contribution in [0.1, 0.15) is 24.8 Å². The lowest BCUT2D eigenvalue weighted by molar-refractivity contribution is -0.147. The van der Waals surface area contributed by atoms with Gasteiger partial charge in [0.25, 0.3) is 5.91 Å². The summed E-state index contributed by atoms with van der Waals surface area (Å²) in [6, 6.07) is 5.31. The predicted octanol–water partition coefficient (Wildman–Crippen LogP) is 3.41. The molecule has 1 atom stereocenters. The monoisotopic (exact) mass is 330 g/mol. The second-order valence-corrected chi connectivity index (χ2v) is 6.21. The van der Waals surface area contributed by atoms with Crippen molar-refractivity contribution in [3.63, 3.8) is 0 Å². The van der Waals surface area contributed by atoms with Crippen LogP contribution >= 0.6 is 11.8 Å². The highest BCUT2D eigenvalue weighted by atomic mass is 32.2. The van der Waals surface area contributed by atoms with Crippen LogP contribution in [-0.2, 0) is 14.3 Å². The van der Waals surface area contributed by atoms with Crippen molar-refractivity contribution in [3.05, 3.63) is 35.9 Å². The average Bonchev–Trinajstić information content (AvgIpc) is 3.01. The molecule has 0 saturated carbocycles. The fraction of sp³-hybridized carbons (Fsp3) is 0.353. The third-order valence-electron chi connectivity index (χ3n) is 3.54. The predicted molar refractivity (Wildman–Crippen MR) is 88.7 cm³/mol. The van der Waals surface area contributed by atoms with Crippen LogP contribution < -0.4 is 5.32 Å². The number of esters is 1. The minimum absolute atomic E-state index is 0.234. The molecule has 0 radical (unpaired) electrons. The van der Waals surface area contributed by atoms with Gasteiger partial charge in [0.15, 0.2) is 6.61 Å². The van der Waals surface area contributed by atoms with E-state index in [1.165, 1.54) is 0 Å². The average molecular weight is 330 g/mol. The fourth-order valence-electron chi connectivity index (χ4n) is 2.36. The third-order valence-corrected chi connectivity index (χ3v) is 4.12. The molecule has 1 aliphatic rings. The second kappa shape index (κ2) is 8.39. The molecular weight excluding hydrogens is 312 g/mol. The zero-order valence-corrected chi connectivity index (χ0v) is 13.7. The number of aryl methyl sites for hydroxylation is 1. The Bertz CT molecular complexity index is 664. The molecule has 0 aromatic heterocycles. The van der Waals surface area contributed by atoms with Gasteiger partial charge in [-0.3, -0.25) is 9.59 Å². The zero-order valence-electron chi connectivity index (χ0n) is 12.9. The Labute approximate surface area is 139 Å². The number of thiocyanates is 1. The molecule has 0 spiro atoms. The van der Waals surface area contributed by atoms with Crippen LogP contribution in [0.5, 0.6) is 0 Å². The maximum atomic E-state index is 11.9. The molecule has 0 fully saturated rings. The Morgan fingerprint density at radius 1 is 1.48 bits per heavy atom. The van der Waals surface area contributed by atoms with Crippen LogP contribution in [0.4, 0.5) is 5.69 Å². The van der Waals surface area contributed by atoms with Gasteiger partial charge in [-0.15, -0.1) is 0 Å². The molecule has 0 saturated heterocycles. The van der Waals surface area contributed by atoms with E-state index >= 15 is 0 Å². The summed E-state index contributed by atoms with van der Waals surface area (Å²) in [5, 5.41) is 13.3. The first-order valence-electron chi connectivity index (χ1n) is 7.37. The Morgan fingerprint density at radius 2 is 2.30 bits per heavy atom. The number of benzene rings is 1. The van der Waals surface area contributed by atoms with E-state index in [4.69, 9.17) is 10.00 Å². The van der Waals surface area contributed by atoms with Gasteiger partial charge in [-0.25, -0.2) is 0 Å². The van der Waals surface area contributed by atoms with Gasteiger partial charge in [0.1, 0.15) is 5.40 Å². The number of thioether (sulfide) groups is 1. The number of hydrogen-bond acceptors (Lipinski definition) is 5. The first-order chi connectivity index (χ1) is 11.1. The van der Waals surface area contributed by atoms with Crippen molar-refractivity contribution in [1.29, 1.82) is 5.26 Å². The number of nitrogens with zero attached hydrogens (tertiary/aromatic N) is 1. The molecule has 6 heteroatoms. The highest BCUT2D eigenvalue weighted by Crippen LogP contribution is 2.23.